The fourth-order valence-electron chi connectivity index (χ4n) is 4.69. The number of rotatable bonds is 7. The summed E-state index contributed by atoms with van der Waals surface area (Å²) in [5.41, 5.74) is 1.66. The molecule has 2 heterocycles. The van der Waals surface area contributed by atoms with Crippen molar-refractivity contribution in [3.8, 4) is 28.7 Å². The van der Waals surface area contributed by atoms with Gasteiger partial charge in [-0.15, -0.1) is 0 Å². The average Bonchev–Trinajstić information content (AvgIpc) is 3.41. The minimum Gasteiger partial charge on any atom is -0.493 e. The van der Waals surface area contributed by atoms with Crippen LogP contribution in [0, 0.1) is 0 Å². The molecule has 0 spiro atoms. The van der Waals surface area contributed by atoms with Gasteiger partial charge in [-0.25, -0.2) is 0 Å². The third kappa shape index (κ3) is 5.59. The van der Waals surface area contributed by atoms with Gasteiger partial charge in [-0.1, -0.05) is 12.1 Å². The Kier molecular flexibility index (Phi) is 7.28. The van der Waals surface area contributed by atoms with Crippen molar-refractivity contribution in [3.63, 3.8) is 0 Å². The number of nitrogens with zero attached hydrogens (tertiary/aromatic N) is 1. The second kappa shape index (κ2) is 10.8. The van der Waals surface area contributed by atoms with Crippen LogP contribution < -0.4 is 23.7 Å². The fourth-order valence-corrected chi connectivity index (χ4v) is 4.69. The zero-order valence-electron chi connectivity index (χ0n) is 21.3. The Morgan fingerprint density at radius 2 is 1.79 bits per heavy atom. The summed E-state index contributed by atoms with van der Waals surface area (Å²) < 4.78 is 67.2. The number of hydrogen-bond donors (Lipinski definition) is 0. The van der Waals surface area contributed by atoms with E-state index in [0.717, 1.165) is 28.8 Å². The van der Waals surface area contributed by atoms with E-state index in [1.54, 1.807) is 29.2 Å². The Morgan fingerprint density at radius 3 is 2.56 bits per heavy atom. The lowest BCUT2D eigenvalue weighted by Gasteiger charge is -2.37. The summed E-state index contributed by atoms with van der Waals surface area (Å²) in [7, 11) is 3.05. The van der Waals surface area contributed by atoms with Crippen molar-refractivity contribution < 1.29 is 41.7 Å². The van der Waals surface area contributed by atoms with Crippen LogP contribution in [0.1, 0.15) is 28.3 Å². The molecule has 2 aliphatic heterocycles. The molecule has 0 saturated heterocycles. The van der Waals surface area contributed by atoms with Gasteiger partial charge in [-0.2, -0.15) is 13.2 Å². The van der Waals surface area contributed by atoms with Crippen LogP contribution in [-0.4, -0.2) is 45.0 Å². The second-order valence-electron chi connectivity index (χ2n) is 8.99. The van der Waals surface area contributed by atoms with Crippen molar-refractivity contribution in [2.45, 2.75) is 18.6 Å². The Morgan fingerprint density at radius 1 is 1.03 bits per heavy atom. The molecule has 2 aliphatic rings. The number of carbonyl (C=O) groups excluding carboxylic acids is 1. The number of amides is 1. The molecule has 0 bridgehead atoms. The predicted molar refractivity (Wildman–Crippen MR) is 136 cm³/mol. The van der Waals surface area contributed by atoms with Gasteiger partial charge in [0.1, 0.15) is 12.4 Å². The quantitative estimate of drug-likeness (QED) is 0.359. The molecule has 0 radical (unpaired) electrons. The zero-order chi connectivity index (χ0) is 27.6. The van der Waals surface area contributed by atoms with E-state index in [1.807, 2.05) is 12.1 Å². The largest absolute Gasteiger partial charge is 0.493 e. The Bertz CT molecular complexity index is 1400. The molecule has 3 aromatic carbocycles. The predicted octanol–water partition coefficient (Wildman–Crippen LogP) is 5.67. The van der Waals surface area contributed by atoms with Crippen LogP contribution in [-0.2, 0) is 17.4 Å². The molecule has 0 fully saturated rings. The summed E-state index contributed by atoms with van der Waals surface area (Å²) in [5.74, 6) is 2.06. The highest BCUT2D eigenvalue weighted by Gasteiger charge is 2.33. The van der Waals surface area contributed by atoms with Crippen LogP contribution in [0.25, 0.3) is 6.08 Å². The van der Waals surface area contributed by atoms with E-state index in [4.69, 9.17) is 23.7 Å². The second-order valence-corrected chi connectivity index (χ2v) is 8.99. The Labute approximate surface area is 223 Å². The number of fused-ring (bicyclic) bond motifs is 2. The van der Waals surface area contributed by atoms with Crippen LogP contribution in [0.5, 0.6) is 28.7 Å². The first-order valence-corrected chi connectivity index (χ1v) is 12.2. The van der Waals surface area contributed by atoms with Gasteiger partial charge in [0, 0.05) is 12.6 Å². The molecular formula is C29H26F3NO6. The lowest BCUT2D eigenvalue weighted by molar-refractivity contribution is -0.137. The zero-order valence-corrected chi connectivity index (χ0v) is 21.3. The number of methoxy groups -OCH3 is 2. The molecule has 0 aliphatic carbocycles. The standard InChI is InChI=1S/C29H26F3NO6/c1-35-25-13-19-10-11-33(28(34)9-7-18-6-8-24-27(12-18)39-17-38-24)23(22(19)15-26(25)36-2)16-37-21-5-3-4-20(14-21)29(30,31)32/h3-9,12-15,23H,10-11,16-17H2,1-2H3/b9-7+. The molecule has 39 heavy (non-hydrogen) atoms. The topological polar surface area (TPSA) is 66.5 Å². The Balaban J connectivity index is 1.43. The third-order valence-corrected chi connectivity index (χ3v) is 6.67. The van der Waals surface area contributed by atoms with Crippen molar-refractivity contribution in [3.05, 3.63) is 82.9 Å². The summed E-state index contributed by atoms with van der Waals surface area (Å²) in [6, 6.07) is 13.1. The van der Waals surface area contributed by atoms with E-state index < -0.39 is 17.8 Å². The first-order chi connectivity index (χ1) is 18.8. The summed E-state index contributed by atoms with van der Waals surface area (Å²) >= 11 is 0. The highest BCUT2D eigenvalue weighted by atomic mass is 19.4. The molecule has 5 rings (SSSR count). The van der Waals surface area contributed by atoms with E-state index in [1.165, 1.54) is 32.4 Å². The van der Waals surface area contributed by atoms with E-state index in [9.17, 15) is 18.0 Å². The monoisotopic (exact) mass is 541 g/mol. The van der Waals surface area contributed by atoms with Crippen LogP contribution in [0.4, 0.5) is 13.2 Å². The van der Waals surface area contributed by atoms with E-state index in [2.05, 4.69) is 0 Å². The minimum atomic E-state index is -4.50. The average molecular weight is 542 g/mol. The van der Waals surface area contributed by atoms with Crippen LogP contribution in [0.2, 0.25) is 0 Å². The van der Waals surface area contributed by atoms with E-state index in [0.29, 0.717) is 36.0 Å². The molecule has 0 N–H and O–H groups in total. The molecule has 1 atom stereocenters. The summed E-state index contributed by atoms with van der Waals surface area (Å²) in [5, 5.41) is 0. The van der Waals surface area contributed by atoms with Crippen molar-refractivity contribution in [2.75, 3.05) is 34.2 Å². The molecule has 1 unspecified atom stereocenters. The van der Waals surface area contributed by atoms with Crippen molar-refractivity contribution in [1.29, 1.82) is 0 Å². The van der Waals surface area contributed by atoms with Crippen molar-refractivity contribution >= 4 is 12.0 Å². The van der Waals surface area contributed by atoms with Crippen molar-refractivity contribution in [2.24, 2.45) is 0 Å². The van der Waals surface area contributed by atoms with Gasteiger partial charge in [0.05, 0.1) is 25.8 Å². The van der Waals surface area contributed by atoms with Gasteiger partial charge < -0.3 is 28.6 Å². The maximum Gasteiger partial charge on any atom is 0.416 e. The van der Waals surface area contributed by atoms with Gasteiger partial charge in [-0.05, 0) is 71.7 Å². The summed E-state index contributed by atoms with van der Waals surface area (Å²) in [6.45, 7) is 0.466. The molecule has 0 aromatic heterocycles. The number of hydrogen-bond acceptors (Lipinski definition) is 6. The molecule has 1 amide bonds. The number of benzene rings is 3. The van der Waals surface area contributed by atoms with Crippen LogP contribution in [0.15, 0.2) is 60.7 Å². The SMILES string of the molecule is COc1cc2c(cc1OC)C(COc1cccc(C(F)(F)F)c1)N(C(=O)/C=C/c1ccc3c(c1)OCO3)CC2. The maximum absolute atomic E-state index is 13.4. The molecular weight excluding hydrogens is 515 g/mol. The highest BCUT2D eigenvalue weighted by molar-refractivity contribution is 5.92. The van der Waals surface area contributed by atoms with Gasteiger partial charge in [-0.3, -0.25) is 4.79 Å². The van der Waals surface area contributed by atoms with Gasteiger partial charge in [0.15, 0.2) is 23.0 Å². The number of ether oxygens (including phenoxy) is 5. The lowest BCUT2D eigenvalue weighted by Crippen LogP contribution is -2.41. The smallest absolute Gasteiger partial charge is 0.416 e. The first-order valence-electron chi connectivity index (χ1n) is 12.2. The number of carbonyl (C=O) groups is 1. The molecule has 10 heteroatoms. The number of halogens is 3. The van der Waals surface area contributed by atoms with Gasteiger partial charge in [0.25, 0.3) is 0 Å². The van der Waals surface area contributed by atoms with Crippen molar-refractivity contribution in [1.82, 2.24) is 4.90 Å². The normalized spacial score (nSPS) is 16.2. The van der Waals surface area contributed by atoms with Crippen LogP contribution in [0.3, 0.4) is 0 Å². The number of alkyl halides is 3. The fraction of sp³-hybridized carbons (Fsp3) is 0.276. The molecule has 204 valence electrons. The molecule has 7 nitrogen and oxygen atoms in total. The Hall–Kier alpha value is -4.34. The maximum atomic E-state index is 13.4. The minimum absolute atomic E-state index is 0.0562. The third-order valence-electron chi connectivity index (χ3n) is 6.67. The highest BCUT2D eigenvalue weighted by Crippen LogP contribution is 2.39. The summed E-state index contributed by atoms with van der Waals surface area (Å²) in [4.78, 5) is 15.1. The van der Waals surface area contributed by atoms with E-state index in [-0.39, 0.29) is 25.1 Å². The molecule has 3 aromatic rings. The summed E-state index contributed by atoms with van der Waals surface area (Å²) in [6.07, 6.45) is -0.804. The van der Waals surface area contributed by atoms with E-state index >= 15 is 0 Å². The lowest BCUT2D eigenvalue weighted by atomic mass is 9.92. The molecule has 0 saturated carbocycles. The van der Waals surface area contributed by atoms with Crippen LogP contribution >= 0.6 is 0 Å². The first kappa shape index (κ1) is 26.3. The van der Waals surface area contributed by atoms with Gasteiger partial charge in [0.2, 0.25) is 12.7 Å². The van der Waals surface area contributed by atoms with Gasteiger partial charge >= 0.3 is 6.18 Å².